The summed E-state index contributed by atoms with van der Waals surface area (Å²) < 4.78 is 18.5. The van der Waals surface area contributed by atoms with Gasteiger partial charge in [-0.3, -0.25) is 0 Å². The van der Waals surface area contributed by atoms with Crippen LogP contribution in [0.5, 0.6) is 0 Å². The molecule has 0 radical (unpaired) electrons. The van der Waals surface area contributed by atoms with E-state index < -0.39 is 0 Å². The molecule has 2 aliphatic rings. The van der Waals surface area contributed by atoms with Crippen molar-refractivity contribution in [1.82, 2.24) is 4.98 Å². The van der Waals surface area contributed by atoms with E-state index in [9.17, 15) is 4.39 Å². The molecule has 0 amide bonds. The highest BCUT2D eigenvalue weighted by atomic mass is 32.1. The number of ether oxygens (including phenoxy) is 1. The van der Waals surface area contributed by atoms with Crippen LogP contribution in [0.2, 0.25) is 0 Å². The second-order valence-corrected chi connectivity index (χ2v) is 6.71. The molecule has 0 bridgehead atoms. The lowest BCUT2D eigenvalue weighted by molar-refractivity contribution is 0.112. The second-order valence-electron chi connectivity index (χ2n) is 5.65. The van der Waals surface area contributed by atoms with E-state index in [0.29, 0.717) is 12.5 Å². The SMILES string of the molecule is Fc1ccc(C2CCN(c3nc4c(s3)COCC4)C2)cc1. The highest BCUT2D eigenvalue weighted by Crippen LogP contribution is 2.35. The van der Waals surface area contributed by atoms with Gasteiger partial charge in [0.25, 0.3) is 0 Å². The van der Waals surface area contributed by atoms with E-state index in [2.05, 4.69) is 4.90 Å². The Morgan fingerprint density at radius 2 is 2.14 bits per heavy atom. The standard InChI is InChI=1S/C16H17FN2OS/c17-13-3-1-11(2-4-13)12-5-7-19(9-12)16-18-14-6-8-20-10-15(14)21-16/h1-4,12H,5-10H2. The van der Waals surface area contributed by atoms with Gasteiger partial charge in [0.1, 0.15) is 5.82 Å². The third kappa shape index (κ3) is 2.56. The first-order chi connectivity index (χ1) is 10.3. The lowest BCUT2D eigenvalue weighted by Gasteiger charge is -2.15. The zero-order chi connectivity index (χ0) is 14.2. The number of hydrogen-bond acceptors (Lipinski definition) is 4. The molecule has 2 aromatic rings. The van der Waals surface area contributed by atoms with E-state index in [4.69, 9.17) is 9.72 Å². The molecule has 3 heterocycles. The van der Waals surface area contributed by atoms with Gasteiger partial charge in [0.05, 0.1) is 23.8 Å². The molecule has 1 aromatic carbocycles. The molecule has 5 heteroatoms. The van der Waals surface area contributed by atoms with E-state index in [1.54, 1.807) is 23.5 Å². The molecule has 3 nitrogen and oxygen atoms in total. The van der Waals surface area contributed by atoms with Crippen LogP contribution in [-0.4, -0.2) is 24.7 Å². The van der Waals surface area contributed by atoms with Crippen LogP contribution in [0.3, 0.4) is 0 Å². The van der Waals surface area contributed by atoms with E-state index >= 15 is 0 Å². The van der Waals surface area contributed by atoms with Crippen LogP contribution >= 0.6 is 11.3 Å². The summed E-state index contributed by atoms with van der Waals surface area (Å²) in [5.41, 5.74) is 2.44. The first kappa shape index (κ1) is 13.2. The van der Waals surface area contributed by atoms with E-state index in [0.717, 1.165) is 37.7 Å². The Bertz CT molecular complexity index is 617. The molecule has 1 atom stereocenters. The second kappa shape index (κ2) is 5.39. The molecule has 110 valence electrons. The van der Waals surface area contributed by atoms with Crippen molar-refractivity contribution in [3.8, 4) is 0 Å². The van der Waals surface area contributed by atoms with Crippen molar-refractivity contribution >= 4 is 16.5 Å². The number of rotatable bonds is 2. The summed E-state index contributed by atoms with van der Waals surface area (Å²) in [5.74, 6) is 0.309. The van der Waals surface area contributed by atoms with Crippen LogP contribution in [0.1, 0.15) is 28.5 Å². The minimum atomic E-state index is -0.166. The molecule has 2 aliphatic heterocycles. The summed E-state index contributed by atoms with van der Waals surface area (Å²) >= 11 is 1.76. The maximum Gasteiger partial charge on any atom is 0.185 e. The van der Waals surface area contributed by atoms with Crippen LogP contribution in [0.15, 0.2) is 24.3 Å². The van der Waals surface area contributed by atoms with E-state index in [-0.39, 0.29) is 5.82 Å². The average molecular weight is 304 g/mol. The monoisotopic (exact) mass is 304 g/mol. The van der Waals surface area contributed by atoms with Gasteiger partial charge in [0, 0.05) is 25.4 Å². The summed E-state index contributed by atoms with van der Waals surface area (Å²) in [5, 5.41) is 1.12. The van der Waals surface area contributed by atoms with Crippen molar-refractivity contribution in [1.29, 1.82) is 0 Å². The molecule has 1 unspecified atom stereocenters. The molecule has 1 saturated heterocycles. The maximum absolute atomic E-state index is 13.0. The Morgan fingerprint density at radius 1 is 1.29 bits per heavy atom. The number of benzene rings is 1. The first-order valence-corrected chi connectivity index (χ1v) is 8.18. The zero-order valence-corrected chi connectivity index (χ0v) is 12.5. The van der Waals surface area contributed by atoms with Crippen molar-refractivity contribution in [3.63, 3.8) is 0 Å². The van der Waals surface area contributed by atoms with Crippen LogP contribution < -0.4 is 4.90 Å². The van der Waals surface area contributed by atoms with Crippen molar-refractivity contribution < 1.29 is 9.13 Å². The summed E-state index contributed by atoms with van der Waals surface area (Å²) in [7, 11) is 0. The minimum absolute atomic E-state index is 0.166. The van der Waals surface area contributed by atoms with Crippen molar-refractivity contribution in [3.05, 3.63) is 46.2 Å². The zero-order valence-electron chi connectivity index (χ0n) is 11.7. The van der Waals surface area contributed by atoms with Gasteiger partial charge in [-0.05, 0) is 24.1 Å². The predicted octanol–water partition coefficient (Wildman–Crippen LogP) is 3.35. The Balaban J connectivity index is 1.50. The number of aromatic nitrogens is 1. The topological polar surface area (TPSA) is 25.4 Å². The van der Waals surface area contributed by atoms with Crippen LogP contribution in [0.4, 0.5) is 9.52 Å². The molecule has 1 aromatic heterocycles. The quantitative estimate of drug-likeness (QED) is 0.851. The predicted molar refractivity (Wildman–Crippen MR) is 81.4 cm³/mol. The molecule has 1 fully saturated rings. The van der Waals surface area contributed by atoms with Gasteiger partial charge in [-0.15, -0.1) is 0 Å². The molecular weight excluding hydrogens is 287 g/mol. The Labute approximate surface area is 127 Å². The molecule has 21 heavy (non-hydrogen) atoms. The molecule has 4 rings (SSSR count). The molecule has 0 spiro atoms. The van der Waals surface area contributed by atoms with Gasteiger partial charge in [-0.1, -0.05) is 23.5 Å². The third-order valence-electron chi connectivity index (χ3n) is 4.28. The summed E-state index contributed by atoms with van der Waals surface area (Å²) in [6.45, 7) is 3.49. The molecular formula is C16H17FN2OS. The largest absolute Gasteiger partial charge is 0.375 e. The van der Waals surface area contributed by atoms with Crippen molar-refractivity contribution in [2.24, 2.45) is 0 Å². The van der Waals surface area contributed by atoms with Gasteiger partial charge < -0.3 is 9.64 Å². The lowest BCUT2D eigenvalue weighted by atomic mass is 9.99. The highest BCUT2D eigenvalue weighted by molar-refractivity contribution is 7.15. The molecule has 0 aliphatic carbocycles. The first-order valence-electron chi connectivity index (χ1n) is 7.36. The van der Waals surface area contributed by atoms with Gasteiger partial charge >= 0.3 is 0 Å². The Hall–Kier alpha value is -1.46. The van der Waals surface area contributed by atoms with Gasteiger partial charge in [0.2, 0.25) is 0 Å². The fourth-order valence-corrected chi connectivity index (χ4v) is 4.17. The van der Waals surface area contributed by atoms with Gasteiger partial charge in [-0.2, -0.15) is 0 Å². The van der Waals surface area contributed by atoms with E-state index in [1.165, 1.54) is 16.1 Å². The third-order valence-corrected chi connectivity index (χ3v) is 5.42. The number of halogens is 1. The van der Waals surface area contributed by atoms with Crippen molar-refractivity contribution in [2.75, 3.05) is 24.6 Å². The molecule has 0 N–H and O–H groups in total. The fourth-order valence-electron chi connectivity index (χ4n) is 3.09. The highest BCUT2D eigenvalue weighted by Gasteiger charge is 2.27. The lowest BCUT2D eigenvalue weighted by Crippen LogP contribution is -2.19. The summed E-state index contributed by atoms with van der Waals surface area (Å²) in [4.78, 5) is 8.42. The number of anilines is 1. The van der Waals surface area contributed by atoms with E-state index in [1.807, 2.05) is 12.1 Å². The average Bonchev–Trinajstić information content (AvgIpc) is 3.14. The molecule has 0 saturated carbocycles. The van der Waals surface area contributed by atoms with Crippen LogP contribution in [0, 0.1) is 5.82 Å². The summed E-state index contributed by atoms with van der Waals surface area (Å²) in [6.07, 6.45) is 2.04. The van der Waals surface area contributed by atoms with Crippen LogP contribution in [-0.2, 0) is 17.8 Å². The number of thiazole rings is 1. The number of nitrogens with zero attached hydrogens (tertiary/aromatic N) is 2. The number of hydrogen-bond donors (Lipinski definition) is 0. The summed E-state index contributed by atoms with van der Waals surface area (Å²) in [6, 6.07) is 6.92. The van der Waals surface area contributed by atoms with Gasteiger partial charge in [0.15, 0.2) is 5.13 Å². The normalized spacial score (nSPS) is 21.6. The minimum Gasteiger partial charge on any atom is -0.375 e. The van der Waals surface area contributed by atoms with Gasteiger partial charge in [-0.25, -0.2) is 9.37 Å². The van der Waals surface area contributed by atoms with Crippen molar-refractivity contribution in [2.45, 2.75) is 25.4 Å². The smallest absolute Gasteiger partial charge is 0.185 e. The number of fused-ring (bicyclic) bond motifs is 1. The maximum atomic E-state index is 13.0. The Kier molecular flexibility index (Phi) is 3.39. The van der Waals surface area contributed by atoms with Crippen LogP contribution in [0.25, 0.3) is 0 Å². The Morgan fingerprint density at radius 3 is 2.95 bits per heavy atom. The fraction of sp³-hybridized carbons (Fsp3) is 0.438.